The van der Waals surface area contributed by atoms with Crippen molar-refractivity contribution in [1.82, 2.24) is 0 Å². The van der Waals surface area contributed by atoms with Gasteiger partial charge in [0.05, 0.1) is 0 Å². The third kappa shape index (κ3) is 1.12. The van der Waals surface area contributed by atoms with Crippen molar-refractivity contribution in [3.8, 4) is 0 Å². The van der Waals surface area contributed by atoms with Gasteiger partial charge in [-0.1, -0.05) is 42.7 Å². The summed E-state index contributed by atoms with van der Waals surface area (Å²) in [5, 5.41) is 0. The first-order chi connectivity index (χ1) is 6.45. The standard InChI is InChI=1S/C13H15/c1-2-6-12-10(4-1)8-9-11-5-3-7-13(11)12/h3,5,7-10,12H,1-2,4,6H2. The van der Waals surface area contributed by atoms with E-state index < -0.39 is 0 Å². The van der Waals surface area contributed by atoms with Gasteiger partial charge in [0.15, 0.2) is 0 Å². The first-order valence-electron chi connectivity index (χ1n) is 5.39. The first-order valence-corrected chi connectivity index (χ1v) is 5.39. The maximum Gasteiger partial charge on any atom is 0.00929 e. The van der Waals surface area contributed by atoms with Crippen LogP contribution in [0.3, 0.4) is 0 Å². The molecule has 0 aromatic heterocycles. The van der Waals surface area contributed by atoms with Crippen LogP contribution < -0.4 is 0 Å². The molecule has 0 heteroatoms. The highest BCUT2D eigenvalue weighted by Gasteiger charge is 2.30. The molecule has 2 unspecified atom stereocenters. The Kier molecular flexibility index (Phi) is 1.68. The molecule has 0 nitrogen and oxygen atoms in total. The van der Waals surface area contributed by atoms with Gasteiger partial charge in [0.1, 0.15) is 0 Å². The average Bonchev–Trinajstić information content (AvgIpc) is 2.65. The molecule has 0 spiro atoms. The molecule has 0 aromatic rings. The third-order valence-electron chi connectivity index (χ3n) is 3.63. The maximum atomic E-state index is 2.44. The summed E-state index contributed by atoms with van der Waals surface area (Å²) in [6.07, 6.45) is 17.2. The highest BCUT2D eigenvalue weighted by molar-refractivity contribution is 5.51. The zero-order valence-electron chi connectivity index (χ0n) is 7.87. The Morgan fingerprint density at radius 3 is 3.00 bits per heavy atom. The fourth-order valence-electron chi connectivity index (χ4n) is 2.94. The zero-order valence-corrected chi connectivity index (χ0v) is 7.87. The second-order valence-corrected chi connectivity index (χ2v) is 4.35. The molecule has 0 aliphatic heterocycles. The predicted molar refractivity (Wildman–Crippen MR) is 55.1 cm³/mol. The van der Waals surface area contributed by atoms with Crippen LogP contribution in [0, 0.1) is 18.3 Å². The molecule has 0 amide bonds. The van der Waals surface area contributed by atoms with Crippen molar-refractivity contribution in [2.45, 2.75) is 25.7 Å². The quantitative estimate of drug-likeness (QED) is 0.524. The van der Waals surface area contributed by atoms with Crippen molar-refractivity contribution in [3.05, 3.63) is 41.9 Å². The molecule has 0 bridgehead atoms. The van der Waals surface area contributed by atoms with Gasteiger partial charge in [-0.25, -0.2) is 0 Å². The summed E-state index contributed by atoms with van der Waals surface area (Å²) in [5.41, 5.74) is 3.09. The van der Waals surface area contributed by atoms with Gasteiger partial charge in [-0.2, -0.15) is 0 Å². The SMILES string of the molecule is [CH]1C=CC2=C1C1CCCCC1C=C2. The van der Waals surface area contributed by atoms with E-state index in [-0.39, 0.29) is 0 Å². The van der Waals surface area contributed by atoms with Crippen LogP contribution in [0.4, 0.5) is 0 Å². The van der Waals surface area contributed by atoms with E-state index in [4.69, 9.17) is 0 Å². The van der Waals surface area contributed by atoms with E-state index >= 15 is 0 Å². The van der Waals surface area contributed by atoms with Crippen LogP contribution in [-0.4, -0.2) is 0 Å². The van der Waals surface area contributed by atoms with E-state index in [2.05, 4.69) is 30.7 Å². The van der Waals surface area contributed by atoms with E-state index in [1.807, 2.05) is 0 Å². The van der Waals surface area contributed by atoms with Gasteiger partial charge in [0.25, 0.3) is 0 Å². The molecule has 0 N–H and O–H groups in total. The van der Waals surface area contributed by atoms with Crippen LogP contribution in [-0.2, 0) is 0 Å². The number of rotatable bonds is 0. The fourth-order valence-corrected chi connectivity index (χ4v) is 2.94. The topological polar surface area (TPSA) is 0 Å². The molecule has 3 aliphatic carbocycles. The Morgan fingerprint density at radius 1 is 1.08 bits per heavy atom. The van der Waals surface area contributed by atoms with Crippen molar-refractivity contribution in [2.75, 3.05) is 0 Å². The molecule has 0 heterocycles. The Hall–Kier alpha value is -0.780. The highest BCUT2D eigenvalue weighted by atomic mass is 14.3. The molecule has 67 valence electrons. The maximum absolute atomic E-state index is 2.44. The van der Waals surface area contributed by atoms with E-state index in [0.29, 0.717) is 0 Å². The second-order valence-electron chi connectivity index (χ2n) is 4.35. The molecule has 3 aliphatic rings. The van der Waals surface area contributed by atoms with Crippen molar-refractivity contribution in [1.29, 1.82) is 0 Å². The van der Waals surface area contributed by atoms with Crippen LogP contribution in [0.5, 0.6) is 0 Å². The normalized spacial score (nSPS) is 36.3. The first kappa shape index (κ1) is 7.61. The summed E-state index contributed by atoms with van der Waals surface area (Å²) >= 11 is 0. The van der Waals surface area contributed by atoms with Crippen molar-refractivity contribution in [2.24, 2.45) is 11.8 Å². The predicted octanol–water partition coefficient (Wildman–Crippen LogP) is 3.43. The summed E-state index contributed by atoms with van der Waals surface area (Å²) < 4.78 is 0. The van der Waals surface area contributed by atoms with Crippen LogP contribution >= 0.6 is 0 Å². The minimum atomic E-state index is 0.851. The van der Waals surface area contributed by atoms with E-state index in [1.54, 1.807) is 5.57 Å². The number of fused-ring (bicyclic) bond motifs is 2. The van der Waals surface area contributed by atoms with Gasteiger partial charge in [-0.15, -0.1) is 0 Å². The van der Waals surface area contributed by atoms with Crippen LogP contribution in [0.15, 0.2) is 35.5 Å². The molecule has 1 saturated carbocycles. The minimum absolute atomic E-state index is 0.851. The molecule has 3 rings (SSSR count). The summed E-state index contributed by atoms with van der Waals surface area (Å²) in [6, 6.07) is 0. The molecule has 0 saturated heterocycles. The van der Waals surface area contributed by atoms with Crippen molar-refractivity contribution < 1.29 is 0 Å². The summed E-state index contributed by atoms with van der Waals surface area (Å²) in [6.45, 7) is 0. The minimum Gasteiger partial charge on any atom is -0.0802 e. The summed E-state index contributed by atoms with van der Waals surface area (Å²) in [4.78, 5) is 0. The zero-order chi connectivity index (χ0) is 8.67. The van der Waals surface area contributed by atoms with Gasteiger partial charge < -0.3 is 0 Å². The average molecular weight is 171 g/mol. The molecule has 0 aromatic carbocycles. The fraction of sp³-hybridized carbons (Fsp3) is 0.462. The Bertz CT molecular complexity index is 304. The summed E-state index contributed by atoms with van der Waals surface area (Å²) in [5.74, 6) is 1.70. The highest BCUT2D eigenvalue weighted by Crippen LogP contribution is 2.43. The number of hydrogen-bond donors (Lipinski definition) is 0. The van der Waals surface area contributed by atoms with Gasteiger partial charge >= 0.3 is 0 Å². The Balaban J connectivity index is 1.94. The Morgan fingerprint density at radius 2 is 2.00 bits per heavy atom. The van der Waals surface area contributed by atoms with Crippen LogP contribution in [0.2, 0.25) is 0 Å². The monoisotopic (exact) mass is 171 g/mol. The van der Waals surface area contributed by atoms with Crippen molar-refractivity contribution in [3.63, 3.8) is 0 Å². The molecule has 1 fully saturated rings. The smallest absolute Gasteiger partial charge is 0.00929 e. The molecule has 13 heavy (non-hydrogen) atoms. The number of allylic oxidation sites excluding steroid dienone is 6. The number of hydrogen-bond acceptors (Lipinski definition) is 0. The lowest BCUT2D eigenvalue weighted by Crippen LogP contribution is -2.22. The second kappa shape index (κ2) is 2.87. The third-order valence-corrected chi connectivity index (χ3v) is 3.63. The van der Waals surface area contributed by atoms with E-state index in [1.165, 1.54) is 31.3 Å². The van der Waals surface area contributed by atoms with E-state index in [0.717, 1.165) is 11.8 Å². The van der Waals surface area contributed by atoms with E-state index in [9.17, 15) is 0 Å². The Labute approximate surface area is 80.0 Å². The molecular weight excluding hydrogens is 156 g/mol. The van der Waals surface area contributed by atoms with Crippen LogP contribution in [0.25, 0.3) is 0 Å². The van der Waals surface area contributed by atoms with Gasteiger partial charge in [-0.05, 0) is 30.3 Å². The lowest BCUT2D eigenvalue weighted by molar-refractivity contribution is 0.322. The van der Waals surface area contributed by atoms with Gasteiger partial charge in [-0.3, -0.25) is 0 Å². The summed E-state index contributed by atoms with van der Waals surface area (Å²) in [7, 11) is 0. The molecular formula is C13H15. The largest absolute Gasteiger partial charge is 0.0802 e. The van der Waals surface area contributed by atoms with Gasteiger partial charge in [0.2, 0.25) is 0 Å². The van der Waals surface area contributed by atoms with Gasteiger partial charge in [0, 0.05) is 6.42 Å². The molecule has 1 radical (unpaired) electrons. The van der Waals surface area contributed by atoms with Crippen molar-refractivity contribution >= 4 is 0 Å². The molecule has 2 atom stereocenters. The lowest BCUT2D eigenvalue weighted by atomic mass is 9.71. The lowest BCUT2D eigenvalue weighted by Gasteiger charge is -2.33. The van der Waals surface area contributed by atoms with Crippen LogP contribution in [0.1, 0.15) is 25.7 Å².